The number of hydrogen-bond donors (Lipinski definition) is 2. The average Bonchev–Trinajstić information content (AvgIpc) is 2.83. The molecule has 0 unspecified atom stereocenters. The number of carbonyl (C=O) groups excluding carboxylic acids is 1. The van der Waals surface area contributed by atoms with E-state index in [1.165, 1.54) is 12.3 Å². The van der Waals surface area contributed by atoms with Crippen LogP contribution in [-0.2, 0) is 23.9 Å². The number of phenolic OH excluding ortho intramolecular Hbond substituents is 1. The van der Waals surface area contributed by atoms with E-state index in [0.29, 0.717) is 43.2 Å². The zero-order chi connectivity index (χ0) is 26.6. The Bertz CT molecular complexity index is 1140. The highest BCUT2D eigenvalue weighted by Gasteiger charge is 2.34. The second-order valence-electron chi connectivity index (χ2n) is 10.6. The molecule has 0 saturated heterocycles. The van der Waals surface area contributed by atoms with Gasteiger partial charge in [0.05, 0.1) is 17.5 Å². The fourth-order valence-electron chi connectivity index (χ4n) is 5.24. The van der Waals surface area contributed by atoms with Gasteiger partial charge < -0.3 is 15.3 Å². The summed E-state index contributed by atoms with van der Waals surface area (Å²) in [5, 5.41) is 13.0. The highest BCUT2D eigenvalue weighted by Crippen LogP contribution is 2.41. The number of alkyl halides is 3. The third-order valence-corrected chi connectivity index (χ3v) is 7.74. The first-order valence-electron chi connectivity index (χ1n) is 12.7. The second-order valence-corrected chi connectivity index (χ2v) is 10.6. The molecule has 1 saturated carbocycles. The van der Waals surface area contributed by atoms with Crippen molar-refractivity contribution in [2.24, 2.45) is 16.3 Å². The highest BCUT2D eigenvalue weighted by molar-refractivity contribution is 6.26. The van der Waals surface area contributed by atoms with Gasteiger partial charge in [0, 0.05) is 19.6 Å². The summed E-state index contributed by atoms with van der Waals surface area (Å²) < 4.78 is 52.0. The Balaban J connectivity index is 1.21. The maximum atomic E-state index is 13.8. The van der Waals surface area contributed by atoms with Crippen LogP contribution >= 0.6 is 0 Å². The Morgan fingerprint density at radius 2 is 1.92 bits per heavy atom. The minimum absolute atomic E-state index is 0.0973. The summed E-state index contributed by atoms with van der Waals surface area (Å²) in [6, 6.07) is 8.05. The normalized spacial score (nSPS) is 22.5. The van der Waals surface area contributed by atoms with Crippen molar-refractivity contribution < 1.29 is 27.5 Å². The average molecular weight is 520 g/mol. The van der Waals surface area contributed by atoms with E-state index in [9.17, 15) is 27.5 Å². The number of hydrogen-bond acceptors (Lipinski definition) is 4. The molecule has 1 fully saturated rings. The lowest BCUT2D eigenvalue weighted by Gasteiger charge is -2.39. The fourth-order valence-corrected chi connectivity index (χ4v) is 5.24. The summed E-state index contributed by atoms with van der Waals surface area (Å²) in [5.74, 6) is -0.697. The molecular formula is C28H33F4N3O2. The van der Waals surface area contributed by atoms with Crippen LogP contribution in [0.2, 0.25) is 0 Å². The van der Waals surface area contributed by atoms with E-state index in [0.717, 1.165) is 56.3 Å². The molecule has 0 radical (unpaired) electrons. The predicted octanol–water partition coefficient (Wildman–Crippen LogP) is 6.01. The van der Waals surface area contributed by atoms with E-state index in [1.54, 1.807) is 18.2 Å². The van der Waals surface area contributed by atoms with Gasteiger partial charge in [-0.3, -0.25) is 9.79 Å². The van der Waals surface area contributed by atoms with E-state index < -0.39 is 17.6 Å². The molecule has 0 spiro atoms. The first kappa shape index (κ1) is 27.1. The van der Waals surface area contributed by atoms with Crippen LogP contribution in [0.4, 0.5) is 23.2 Å². The third-order valence-electron chi connectivity index (χ3n) is 7.74. The van der Waals surface area contributed by atoms with E-state index in [1.807, 2.05) is 4.90 Å². The molecule has 1 aliphatic heterocycles. The predicted molar refractivity (Wildman–Crippen MR) is 134 cm³/mol. The monoisotopic (exact) mass is 519 g/mol. The minimum Gasteiger partial charge on any atom is -0.508 e. The number of halogens is 4. The van der Waals surface area contributed by atoms with Crippen molar-refractivity contribution >= 4 is 17.8 Å². The van der Waals surface area contributed by atoms with E-state index in [-0.39, 0.29) is 17.1 Å². The molecular weight excluding hydrogens is 486 g/mol. The molecule has 2 N–H and O–H groups in total. The zero-order valence-corrected chi connectivity index (χ0v) is 21.0. The molecule has 0 bridgehead atoms. The number of aliphatic imine (C=N–C) groups is 1. The number of carbonyl (C=O) groups is 1. The Morgan fingerprint density at radius 1 is 1.16 bits per heavy atom. The van der Waals surface area contributed by atoms with E-state index in [4.69, 9.17) is 0 Å². The van der Waals surface area contributed by atoms with Gasteiger partial charge in [-0.2, -0.15) is 13.2 Å². The summed E-state index contributed by atoms with van der Waals surface area (Å²) in [6.07, 6.45) is 2.31. The van der Waals surface area contributed by atoms with Crippen molar-refractivity contribution in [1.29, 1.82) is 0 Å². The van der Waals surface area contributed by atoms with Gasteiger partial charge in [0.1, 0.15) is 11.6 Å². The largest absolute Gasteiger partial charge is 0.508 e. The van der Waals surface area contributed by atoms with Crippen LogP contribution in [0.5, 0.6) is 5.75 Å². The van der Waals surface area contributed by atoms with Crippen LogP contribution in [0.25, 0.3) is 0 Å². The molecule has 200 valence electrons. The molecule has 2 aromatic carbocycles. The number of aromatic hydroxyl groups is 1. The van der Waals surface area contributed by atoms with E-state index in [2.05, 4.69) is 17.2 Å². The van der Waals surface area contributed by atoms with Crippen molar-refractivity contribution in [2.45, 2.75) is 58.2 Å². The van der Waals surface area contributed by atoms with Gasteiger partial charge in [0.25, 0.3) is 5.91 Å². The number of nitrogens with one attached hydrogen (secondary N) is 1. The van der Waals surface area contributed by atoms with Gasteiger partial charge in [-0.1, -0.05) is 13.0 Å². The van der Waals surface area contributed by atoms with Crippen LogP contribution in [0.3, 0.4) is 0 Å². The van der Waals surface area contributed by atoms with Crippen LogP contribution in [0.1, 0.15) is 55.7 Å². The maximum absolute atomic E-state index is 13.8. The number of benzene rings is 2. The summed E-state index contributed by atoms with van der Waals surface area (Å²) in [7, 11) is 0. The van der Waals surface area contributed by atoms with Gasteiger partial charge in [0.15, 0.2) is 0 Å². The third kappa shape index (κ3) is 7.09. The summed E-state index contributed by atoms with van der Waals surface area (Å²) in [5.41, 5.74) is 1.02. The number of fused-ring (bicyclic) bond motifs is 1. The minimum atomic E-state index is -4.69. The van der Waals surface area contributed by atoms with Crippen LogP contribution < -0.4 is 5.32 Å². The van der Waals surface area contributed by atoms with Crippen molar-refractivity contribution in [1.82, 2.24) is 10.2 Å². The topological polar surface area (TPSA) is 64.9 Å². The maximum Gasteiger partial charge on any atom is 0.419 e. The molecule has 2 aromatic rings. The summed E-state index contributed by atoms with van der Waals surface area (Å²) >= 11 is 0. The molecule has 1 aliphatic carbocycles. The number of nitrogens with zero attached hydrogens (tertiary/aromatic N) is 2. The SMILES string of the molecule is CC1(CCN2CCc3cc(O)ccc3N=CC2=O)CCC(CNCc2ccc(C(F)(F)F)c(F)c2)CC1. The van der Waals surface area contributed by atoms with Gasteiger partial charge in [-0.25, -0.2) is 4.39 Å². The van der Waals surface area contributed by atoms with Crippen molar-refractivity contribution in [2.75, 3.05) is 19.6 Å². The zero-order valence-electron chi connectivity index (χ0n) is 21.0. The molecule has 0 atom stereocenters. The number of rotatable bonds is 7. The van der Waals surface area contributed by atoms with Gasteiger partial charge in [-0.05, 0) is 97.9 Å². The standard InChI is InChI=1S/C28H33F4N3O2/c1-27(11-13-35-12-8-21-15-22(36)3-5-25(21)34-18-26(35)37)9-6-19(7-10-27)16-33-17-20-2-4-23(24(29)14-20)28(30,31)32/h2-5,14-15,18-19,33,36H,6-13,16-17H2,1H3. The summed E-state index contributed by atoms with van der Waals surface area (Å²) in [6.45, 7) is 4.54. The first-order valence-corrected chi connectivity index (χ1v) is 12.7. The van der Waals surface area contributed by atoms with Crippen LogP contribution in [0.15, 0.2) is 41.4 Å². The Morgan fingerprint density at radius 3 is 2.62 bits per heavy atom. The Labute approximate surface area is 214 Å². The lowest BCUT2D eigenvalue weighted by atomic mass is 9.70. The fraction of sp³-hybridized carbons (Fsp3) is 0.500. The van der Waals surface area contributed by atoms with Gasteiger partial charge >= 0.3 is 6.18 Å². The molecule has 5 nitrogen and oxygen atoms in total. The molecule has 1 amide bonds. The lowest BCUT2D eigenvalue weighted by molar-refractivity contribution is -0.140. The number of amides is 1. The van der Waals surface area contributed by atoms with Gasteiger partial charge in [-0.15, -0.1) is 0 Å². The first-order chi connectivity index (χ1) is 17.5. The Hall–Kier alpha value is -2.94. The molecule has 4 rings (SSSR count). The number of phenols is 1. The smallest absolute Gasteiger partial charge is 0.419 e. The molecule has 9 heteroatoms. The van der Waals surface area contributed by atoms with Crippen molar-refractivity contribution in [3.8, 4) is 5.75 Å². The van der Waals surface area contributed by atoms with Crippen molar-refractivity contribution in [3.63, 3.8) is 0 Å². The molecule has 37 heavy (non-hydrogen) atoms. The molecule has 0 aromatic heterocycles. The Kier molecular flexibility index (Phi) is 8.21. The van der Waals surface area contributed by atoms with Crippen LogP contribution in [-0.4, -0.2) is 41.8 Å². The highest BCUT2D eigenvalue weighted by atomic mass is 19.4. The second kappa shape index (κ2) is 11.2. The lowest BCUT2D eigenvalue weighted by Crippen LogP contribution is -2.38. The van der Waals surface area contributed by atoms with Crippen LogP contribution in [0, 0.1) is 17.2 Å². The van der Waals surface area contributed by atoms with Crippen molar-refractivity contribution in [3.05, 3.63) is 58.9 Å². The molecule has 2 aliphatic rings. The van der Waals surface area contributed by atoms with E-state index >= 15 is 0 Å². The summed E-state index contributed by atoms with van der Waals surface area (Å²) in [4.78, 5) is 18.8. The van der Waals surface area contributed by atoms with Gasteiger partial charge in [0.2, 0.25) is 0 Å². The molecule has 1 heterocycles. The quantitative estimate of drug-likeness (QED) is 0.440.